The second-order valence-electron chi connectivity index (χ2n) is 4.20. The number of carbonyl (C=O) groups excluding carboxylic acids is 1. The quantitative estimate of drug-likeness (QED) is 0.850. The standard InChI is InChI=1S/C15H12BrN3O/c16-14-12(2-1-3-13(14)18)15(20)19-9-11-6-4-10(8-17)5-7-11/h1-7H,9,18H2,(H,19,20). The van der Waals surface area contributed by atoms with Crippen molar-refractivity contribution in [3.63, 3.8) is 0 Å². The number of benzene rings is 2. The molecule has 0 aliphatic rings. The van der Waals surface area contributed by atoms with E-state index in [2.05, 4.69) is 27.3 Å². The van der Waals surface area contributed by atoms with Crippen molar-refractivity contribution in [2.24, 2.45) is 0 Å². The van der Waals surface area contributed by atoms with E-state index in [1.54, 1.807) is 30.3 Å². The van der Waals surface area contributed by atoms with Crippen LogP contribution in [0.3, 0.4) is 0 Å². The molecule has 0 radical (unpaired) electrons. The third-order valence-corrected chi connectivity index (χ3v) is 3.69. The third kappa shape index (κ3) is 3.16. The molecule has 3 N–H and O–H groups in total. The van der Waals surface area contributed by atoms with E-state index in [0.717, 1.165) is 5.56 Å². The summed E-state index contributed by atoms with van der Waals surface area (Å²) in [6, 6.07) is 14.3. The van der Waals surface area contributed by atoms with Gasteiger partial charge in [-0.3, -0.25) is 4.79 Å². The average Bonchev–Trinajstić information content (AvgIpc) is 2.48. The fourth-order valence-corrected chi connectivity index (χ4v) is 2.14. The van der Waals surface area contributed by atoms with Gasteiger partial charge in [0.15, 0.2) is 0 Å². The van der Waals surface area contributed by atoms with Crippen molar-refractivity contribution in [3.8, 4) is 6.07 Å². The zero-order chi connectivity index (χ0) is 14.5. The predicted molar refractivity (Wildman–Crippen MR) is 80.9 cm³/mol. The summed E-state index contributed by atoms with van der Waals surface area (Å²) in [5.41, 5.74) is 8.29. The van der Waals surface area contributed by atoms with E-state index in [4.69, 9.17) is 11.0 Å². The molecule has 4 nitrogen and oxygen atoms in total. The first-order valence-corrected chi connectivity index (χ1v) is 6.72. The number of hydrogen-bond acceptors (Lipinski definition) is 3. The normalized spacial score (nSPS) is 9.80. The van der Waals surface area contributed by atoms with E-state index in [0.29, 0.717) is 27.8 Å². The lowest BCUT2D eigenvalue weighted by molar-refractivity contribution is 0.0950. The first-order chi connectivity index (χ1) is 9.61. The van der Waals surface area contributed by atoms with E-state index >= 15 is 0 Å². The van der Waals surface area contributed by atoms with Crippen LogP contribution in [0, 0.1) is 11.3 Å². The lowest BCUT2D eigenvalue weighted by Gasteiger charge is -2.08. The highest BCUT2D eigenvalue weighted by atomic mass is 79.9. The Labute approximate surface area is 125 Å². The van der Waals surface area contributed by atoms with Crippen LogP contribution < -0.4 is 11.1 Å². The van der Waals surface area contributed by atoms with Crippen LogP contribution >= 0.6 is 15.9 Å². The van der Waals surface area contributed by atoms with Crippen molar-refractivity contribution in [1.82, 2.24) is 5.32 Å². The van der Waals surface area contributed by atoms with E-state index in [1.165, 1.54) is 0 Å². The number of nitrogens with zero attached hydrogens (tertiary/aromatic N) is 1. The van der Waals surface area contributed by atoms with Gasteiger partial charge in [-0.05, 0) is 45.8 Å². The lowest BCUT2D eigenvalue weighted by atomic mass is 10.1. The summed E-state index contributed by atoms with van der Waals surface area (Å²) in [6.45, 7) is 0.395. The van der Waals surface area contributed by atoms with Crippen LogP contribution in [0.2, 0.25) is 0 Å². The van der Waals surface area contributed by atoms with Crippen LogP contribution in [-0.2, 0) is 6.54 Å². The van der Waals surface area contributed by atoms with Crippen molar-refractivity contribution in [2.75, 3.05) is 5.73 Å². The molecule has 0 fully saturated rings. The number of anilines is 1. The predicted octanol–water partition coefficient (Wildman–Crippen LogP) is 2.83. The Hall–Kier alpha value is -2.32. The molecular weight excluding hydrogens is 318 g/mol. The maximum Gasteiger partial charge on any atom is 0.252 e. The number of halogens is 1. The van der Waals surface area contributed by atoms with Crippen molar-refractivity contribution >= 4 is 27.5 Å². The zero-order valence-electron chi connectivity index (χ0n) is 10.6. The molecule has 2 aromatic carbocycles. The monoisotopic (exact) mass is 329 g/mol. The number of nitrogens with two attached hydrogens (primary N) is 1. The summed E-state index contributed by atoms with van der Waals surface area (Å²) in [5.74, 6) is -0.200. The van der Waals surface area contributed by atoms with Crippen LogP contribution in [-0.4, -0.2) is 5.91 Å². The Kier molecular flexibility index (Phi) is 4.38. The van der Waals surface area contributed by atoms with Gasteiger partial charge in [0.25, 0.3) is 5.91 Å². The van der Waals surface area contributed by atoms with Crippen LogP contribution in [0.15, 0.2) is 46.9 Å². The van der Waals surface area contributed by atoms with Crippen molar-refractivity contribution in [2.45, 2.75) is 6.54 Å². The summed E-state index contributed by atoms with van der Waals surface area (Å²) >= 11 is 3.30. The molecule has 2 rings (SSSR count). The molecule has 1 amide bonds. The summed E-state index contributed by atoms with van der Waals surface area (Å²) in [4.78, 5) is 12.1. The molecule has 0 saturated heterocycles. The molecule has 100 valence electrons. The smallest absolute Gasteiger partial charge is 0.252 e. The summed E-state index contributed by atoms with van der Waals surface area (Å²) < 4.78 is 0.595. The minimum absolute atomic E-state index is 0.200. The van der Waals surface area contributed by atoms with Gasteiger partial charge < -0.3 is 11.1 Å². The van der Waals surface area contributed by atoms with Crippen LogP contribution in [0.4, 0.5) is 5.69 Å². The van der Waals surface area contributed by atoms with Gasteiger partial charge in [-0.15, -0.1) is 0 Å². The largest absolute Gasteiger partial charge is 0.398 e. The molecule has 0 spiro atoms. The van der Waals surface area contributed by atoms with E-state index in [1.807, 2.05) is 12.1 Å². The fourth-order valence-electron chi connectivity index (χ4n) is 1.70. The third-order valence-electron chi connectivity index (χ3n) is 2.81. The van der Waals surface area contributed by atoms with Gasteiger partial charge in [0.1, 0.15) is 0 Å². The summed E-state index contributed by atoms with van der Waals surface area (Å²) in [7, 11) is 0. The fraction of sp³-hybridized carbons (Fsp3) is 0.0667. The van der Waals surface area contributed by atoms with Gasteiger partial charge in [0.2, 0.25) is 0 Å². The molecule has 20 heavy (non-hydrogen) atoms. The average molecular weight is 330 g/mol. The molecule has 0 unspecified atom stereocenters. The number of nitrogens with one attached hydrogen (secondary N) is 1. The molecule has 0 bridgehead atoms. The molecule has 0 heterocycles. The second kappa shape index (κ2) is 6.22. The maximum absolute atomic E-state index is 12.1. The molecule has 0 atom stereocenters. The summed E-state index contributed by atoms with van der Waals surface area (Å²) in [5, 5.41) is 11.5. The first kappa shape index (κ1) is 14.1. The highest BCUT2D eigenvalue weighted by Gasteiger charge is 2.11. The number of rotatable bonds is 3. The van der Waals surface area contributed by atoms with Gasteiger partial charge in [-0.1, -0.05) is 18.2 Å². The van der Waals surface area contributed by atoms with Gasteiger partial charge in [0.05, 0.1) is 21.7 Å². The van der Waals surface area contributed by atoms with Gasteiger partial charge >= 0.3 is 0 Å². The Morgan fingerprint density at radius 2 is 1.95 bits per heavy atom. The molecule has 0 saturated carbocycles. The molecular formula is C15H12BrN3O. The Morgan fingerprint density at radius 1 is 1.25 bits per heavy atom. The van der Waals surface area contributed by atoms with Gasteiger partial charge in [-0.25, -0.2) is 0 Å². The lowest BCUT2D eigenvalue weighted by Crippen LogP contribution is -2.23. The topological polar surface area (TPSA) is 78.9 Å². The number of hydrogen-bond donors (Lipinski definition) is 2. The first-order valence-electron chi connectivity index (χ1n) is 5.93. The van der Waals surface area contributed by atoms with Crippen LogP contribution in [0.5, 0.6) is 0 Å². The number of nitriles is 1. The van der Waals surface area contributed by atoms with E-state index in [-0.39, 0.29) is 5.91 Å². The minimum atomic E-state index is -0.200. The van der Waals surface area contributed by atoms with Crippen molar-refractivity contribution < 1.29 is 4.79 Å². The Balaban J connectivity index is 2.05. The molecule has 5 heteroatoms. The van der Waals surface area contributed by atoms with Crippen molar-refractivity contribution in [3.05, 3.63) is 63.6 Å². The molecule has 0 aliphatic carbocycles. The highest BCUT2D eigenvalue weighted by molar-refractivity contribution is 9.10. The minimum Gasteiger partial charge on any atom is -0.398 e. The number of nitrogen functional groups attached to an aromatic ring is 1. The maximum atomic E-state index is 12.1. The van der Waals surface area contributed by atoms with Gasteiger partial charge in [-0.2, -0.15) is 5.26 Å². The molecule has 0 aliphatic heterocycles. The molecule has 0 aromatic heterocycles. The zero-order valence-corrected chi connectivity index (χ0v) is 12.1. The van der Waals surface area contributed by atoms with E-state index in [9.17, 15) is 4.79 Å². The van der Waals surface area contributed by atoms with Crippen LogP contribution in [0.1, 0.15) is 21.5 Å². The number of amides is 1. The Bertz CT molecular complexity index is 675. The van der Waals surface area contributed by atoms with E-state index < -0.39 is 0 Å². The Morgan fingerprint density at radius 3 is 2.60 bits per heavy atom. The summed E-state index contributed by atoms with van der Waals surface area (Å²) in [6.07, 6.45) is 0. The SMILES string of the molecule is N#Cc1ccc(CNC(=O)c2cccc(N)c2Br)cc1. The number of carbonyl (C=O) groups is 1. The van der Waals surface area contributed by atoms with Gasteiger partial charge in [0, 0.05) is 12.2 Å². The van der Waals surface area contributed by atoms with Crippen LogP contribution in [0.25, 0.3) is 0 Å². The highest BCUT2D eigenvalue weighted by Crippen LogP contribution is 2.23. The molecule has 2 aromatic rings. The van der Waals surface area contributed by atoms with Crippen molar-refractivity contribution in [1.29, 1.82) is 5.26 Å². The second-order valence-corrected chi connectivity index (χ2v) is 4.99.